The second-order valence-electron chi connectivity index (χ2n) is 8.77. The molecule has 11 heteroatoms. The lowest BCUT2D eigenvalue weighted by Gasteiger charge is -2.21. The number of anilines is 1. The number of amides is 2. The summed E-state index contributed by atoms with van der Waals surface area (Å²) in [5.41, 5.74) is 0.765. The Hall–Kier alpha value is -4.25. The van der Waals surface area contributed by atoms with Crippen LogP contribution < -0.4 is 10.6 Å². The molecule has 0 aliphatic heterocycles. The molecule has 4 rings (SSSR count). The van der Waals surface area contributed by atoms with Crippen LogP contribution in [-0.2, 0) is 11.8 Å². The average molecular weight is 519 g/mol. The number of fused-ring (bicyclic) bond motifs is 1. The van der Waals surface area contributed by atoms with Gasteiger partial charge in [0, 0.05) is 35.8 Å². The zero-order valence-corrected chi connectivity index (χ0v) is 21.4. The van der Waals surface area contributed by atoms with Gasteiger partial charge >= 0.3 is 0 Å². The summed E-state index contributed by atoms with van der Waals surface area (Å²) < 4.78 is 1.74. The molecule has 3 aromatic carbocycles. The summed E-state index contributed by atoms with van der Waals surface area (Å²) in [7, 11) is 1.77. The third-order valence-electron chi connectivity index (χ3n) is 5.82. The van der Waals surface area contributed by atoms with Gasteiger partial charge in [-0.15, -0.1) is 10.2 Å². The molecule has 10 nitrogen and oxygen atoms in total. The van der Waals surface area contributed by atoms with Crippen LogP contribution in [0.25, 0.3) is 10.8 Å². The van der Waals surface area contributed by atoms with E-state index < -0.39 is 16.9 Å². The highest BCUT2D eigenvalue weighted by Crippen LogP contribution is 2.26. The molecule has 0 aliphatic rings. The Morgan fingerprint density at radius 2 is 1.78 bits per heavy atom. The van der Waals surface area contributed by atoms with Crippen molar-refractivity contribution in [3.05, 3.63) is 88.2 Å². The fraction of sp³-hybridized carbons (Fsp3) is 0.231. The van der Waals surface area contributed by atoms with Crippen LogP contribution in [0.3, 0.4) is 0 Å². The Morgan fingerprint density at radius 3 is 2.54 bits per heavy atom. The van der Waals surface area contributed by atoms with Crippen LogP contribution in [0.1, 0.15) is 36.1 Å². The largest absolute Gasteiger partial charge is 0.342 e. The van der Waals surface area contributed by atoms with Crippen molar-refractivity contribution in [2.24, 2.45) is 13.0 Å². The average Bonchev–Trinajstić information content (AvgIpc) is 3.25. The molecular weight excluding hydrogens is 492 g/mol. The molecule has 0 aliphatic carbocycles. The lowest BCUT2D eigenvalue weighted by atomic mass is 10.0. The first kappa shape index (κ1) is 25.8. The Bertz CT molecular complexity index is 1460. The number of carbonyl (C=O) groups excluding carboxylic acids is 2. The first-order valence-corrected chi connectivity index (χ1v) is 12.6. The molecule has 1 atom stereocenters. The number of aromatic nitrogens is 3. The van der Waals surface area contributed by atoms with E-state index >= 15 is 0 Å². The van der Waals surface area contributed by atoms with E-state index in [9.17, 15) is 19.7 Å². The minimum absolute atomic E-state index is 0.0435. The molecular formula is C26H26N6O4S. The SMILES string of the molecule is CC(C)[C@@H](NC(=O)c1cccc([N+](=O)[O-])c1)c1nnc(SCC(=O)Nc2cccc3ccccc23)n1C. The minimum Gasteiger partial charge on any atom is -0.342 e. The molecule has 0 fully saturated rings. The molecule has 0 saturated carbocycles. The summed E-state index contributed by atoms with van der Waals surface area (Å²) in [6.07, 6.45) is 0. The van der Waals surface area contributed by atoms with Gasteiger partial charge in [0.2, 0.25) is 5.91 Å². The fourth-order valence-corrected chi connectivity index (χ4v) is 4.61. The third kappa shape index (κ3) is 5.95. The van der Waals surface area contributed by atoms with E-state index in [1.165, 1.54) is 36.0 Å². The number of hydrogen-bond acceptors (Lipinski definition) is 7. The second kappa shape index (κ2) is 11.2. The highest BCUT2D eigenvalue weighted by Gasteiger charge is 2.26. The van der Waals surface area contributed by atoms with Crippen molar-refractivity contribution < 1.29 is 14.5 Å². The van der Waals surface area contributed by atoms with E-state index in [-0.39, 0.29) is 28.8 Å². The molecule has 190 valence electrons. The monoisotopic (exact) mass is 518 g/mol. The predicted octanol–water partition coefficient (Wildman–Crippen LogP) is 4.73. The summed E-state index contributed by atoms with van der Waals surface area (Å²) in [5.74, 6) is -0.0233. The van der Waals surface area contributed by atoms with E-state index in [1.807, 2.05) is 56.3 Å². The lowest BCUT2D eigenvalue weighted by Crippen LogP contribution is -2.33. The maximum absolute atomic E-state index is 12.9. The van der Waals surface area contributed by atoms with Gasteiger partial charge in [-0.25, -0.2) is 0 Å². The van der Waals surface area contributed by atoms with Crippen LogP contribution in [0.5, 0.6) is 0 Å². The molecule has 0 bridgehead atoms. The van der Waals surface area contributed by atoms with E-state index in [1.54, 1.807) is 11.6 Å². The van der Waals surface area contributed by atoms with Crippen molar-refractivity contribution >= 4 is 45.7 Å². The summed E-state index contributed by atoms with van der Waals surface area (Å²) in [5, 5.41) is 28.0. The van der Waals surface area contributed by atoms with Gasteiger partial charge in [-0.05, 0) is 23.4 Å². The van der Waals surface area contributed by atoms with Crippen LogP contribution in [-0.4, -0.2) is 37.3 Å². The van der Waals surface area contributed by atoms with Crippen molar-refractivity contribution in [2.45, 2.75) is 25.0 Å². The first-order valence-electron chi connectivity index (χ1n) is 11.6. The number of hydrogen-bond donors (Lipinski definition) is 2. The molecule has 1 heterocycles. The minimum atomic E-state index is -0.542. The smallest absolute Gasteiger partial charge is 0.270 e. The number of nitro benzene ring substituents is 1. The van der Waals surface area contributed by atoms with Gasteiger partial charge < -0.3 is 15.2 Å². The lowest BCUT2D eigenvalue weighted by molar-refractivity contribution is -0.384. The first-order chi connectivity index (χ1) is 17.7. The molecule has 0 unspecified atom stereocenters. The standard InChI is InChI=1S/C26H26N6O4S/c1-16(2)23(28-25(34)18-10-6-11-19(14-18)32(35)36)24-29-30-26(31(24)3)37-15-22(33)27-21-13-7-9-17-8-4-5-12-20(17)21/h4-14,16,23H,15H2,1-3H3,(H,27,33)(H,28,34)/t23-/m1/s1. The van der Waals surface area contributed by atoms with Gasteiger partial charge in [0.25, 0.3) is 11.6 Å². The maximum atomic E-state index is 12.9. The number of nitrogens with one attached hydrogen (secondary N) is 2. The highest BCUT2D eigenvalue weighted by atomic mass is 32.2. The fourth-order valence-electron chi connectivity index (χ4n) is 3.89. The maximum Gasteiger partial charge on any atom is 0.270 e. The van der Waals surface area contributed by atoms with E-state index in [2.05, 4.69) is 20.8 Å². The number of nitrogens with zero attached hydrogens (tertiary/aromatic N) is 4. The van der Waals surface area contributed by atoms with E-state index in [4.69, 9.17) is 0 Å². The van der Waals surface area contributed by atoms with Gasteiger partial charge in [-0.1, -0.05) is 68.1 Å². The summed E-state index contributed by atoms with van der Waals surface area (Å²) in [6, 6.07) is 18.6. The van der Waals surface area contributed by atoms with Crippen LogP contribution in [0.2, 0.25) is 0 Å². The zero-order chi connectivity index (χ0) is 26.5. The van der Waals surface area contributed by atoms with Crippen LogP contribution in [0.15, 0.2) is 71.9 Å². The van der Waals surface area contributed by atoms with Gasteiger partial charge in [0.15, 0.2) is 11.0 Å². The molecule has 2 amide bonds. The second-order valence-corrected chi connectivity index (χ2v) is 9.71. The molecule has 0 radical (unpaired) electrons. The molecule has 0 saturated heterocycles. The Balaban J connectivity index is 1.44. The summed E-state index contributed by atoms with van der Waals surface area (Å²) in [4.78, 5) is 36.1. The molecule has 1 aromatic heterocycles. The van der Waals surface area contributed by atoms with Crippen LogP contribution in [0, 0.1) is 16.0 Å². The Kier molecular flexibility index (Phi) is 7.83. The van der Waals surface area contributed by atoms with Gasteiger partial charge in [0.1, 0.15) is 0 Å². The van der Waals surface area contributed by atoms with Gasteiger partial charge in [-0.3, -0.25) is 19.7 Å². The third-order valence-corrected chi connectivity index (χ3v) is 6.84. The van der Waals surface area contributed by atoms with Gasteiger partial charge in [0.05, 0.1) is 16.7 Å². The van der Waals surface area contributed by atoms with E-state index in [0.29, 0.717) is 11.0 Å². The van der Waals surface area contributed by atoms with Crippen LogP contribution in [0.4, 0.5) is 11.4 Å². The molecule has 37 heavy (non-hydrogen) atoms. The quantitative estimate of drug-likeness (QED) is 0.186. The molecule has 2 N–H and O–H groups in total. The van der Waals surface area contributed by atoms with Crippen LogP contribution >= 0.6 is 11.8 Å². The summed E-state index contributed by atoms with van der Waals surface area (Å²) >= 11 is 1.24. The van der Waals surface area contributed by atoms with Crippen molar-refractivity contribution in [1.82, 2.24) is 20.1 Å². The van der Waals surface area contributed by atoms with Gasteiger partial charge in [-0.2, -0.15) is 0 Å². The van der Waals surface area contributed by atoms with E-state index in [0.717, 1.165) is 16.5 Å². The van der Waals surface area contributed by atoms with Crippen molar-refractivity contribution in [3.63, 3.8) is 0 Å². The topological polar surface area (TPSA) is 132 Å². The number of benzene rings is 3. The Labute approximate surface area is 217 Å². The van der Waals surface area contributed by atoms with Crippen molar-refractivity contribution in [1.29, 1.82) is 0 Å². The Morgan fingerprint density at radius 1 is 1.05 bits per heavy atom. The van der Waals surface area contributed by atoms with Crippen molar-refractivity contribution in [2.75, 3.05) is 11.1 Å². The zero-order valence-electron chi connectivity index (χ0n) is 20.5. The molecule has 4 aromatic rings. The highest BCUT2D eigenvalue weighted by molar-refractivity contribution is 7.99. The number of non-ortho nitro benzene ring substituents is 1. The summed E-state index contributed by atoms with van der Waals surface area (Å²) in [6.45, 7) is 3.86. The normalized spacial score (nSPS) is 11.9. The number of nitro groups is 1. The number of carbonyl (C=O) groups is 2. The van der Waals surface area contributed by atoms with Crippen molar-refractivity contribution in [3.8, 4) is 0 Å². The molecule has 0 spiro atoms. The predicted molar refractivity (Wildman–Crippen MR) is 142 cm³/mol. The number of rotatable bonds is 9. The number of thioether (sulfide) groups is 1.